The maximum atomic E-state index is 12.0. The minimum atomic E-state index is -0.433. The Morgan fingerprint density at radius 3 is 2.44 bits per heavy atom. The van der Waals surface area contributed by atoms with Crippen molar-refractivity contribution in [2.75, 3.05) is 6.54 Å². The van der Waals surface area contributed by atoms with E-state index in [1.54, 1.807) is 6.07 Å². The van der Waals surface area contributed by atoms with Crippen LogP contribution in [0.3, 0.4) is 0 Å². The van der Waals surface area contributed by atoms with Gasteiger partial charge < -0.3 is 5.32 Å². The van der Waals surface area contributed by atoms with Crippen LogP contribution in [0, 0.1) is 12.3 Å². The summed E-state index contributed by atoms with van der Waals surface area (Å²) in [6, 6.07) is 5.54. The van der Waals surface area contributed by atoms with Gasteiger partial charge in [-0.05, 0) is 35.0 Å². The normalized spacial score (nSPS) is 11.2. The topological polar surface area (TPSA) is 46.2 Å². The summed E-state index contributed by atoms with van der Waals surface area (Å²) in [4.78, 5) is 23.7. The van der Waals surface area contributed by atoms with E-state index in [1.165, 1.54) is 0 Å². The van der Waals surface area contributed by atoms with Crippen LogP contribution in [-0.4, -0.2) is 18.2 Å². The zero-order valence-electron chi connectivity index (χ0n) is 11.1. The highest BCUT2D eigenvalue weighted by molar-refractivity contribution is 9.10. The van der Waals surface area contributed by atoms with Crippen LogP contribution in [0.2, 0.25) is 0 Å². The monoisotopic (exact) mass is 311 g/mol. The first-order valence-electron chi connectivity index (χ1n) is 5.79. The molecule has 0 radical (unpaired) electrons. The van der Waals surface area contributed by atoms with Gasteiger partial charge >= 0.3 is 0 Å². The number of Topliss-reactive ketones (excluding diaryl/α,β-unsaturated/α-hetero) is 1. The highest BCUT2D eigenvalue weighted by atomic mass is 79.9. The van der Waals surface area contributed by atoms with Crippen molar-refractivity contribution in [1.82, 2.24) is 5.32 Å². The van der Waals surface area contributed by atoms with Gasteiger partial charge in [-0.3, -0.25) is 9.59 Å². The fourth-order valence-corrected chi connectivity index (χ4v) is 1.76. The van der Waals surface area contributed by atoms with Gasteiger partial charge in [0.1, 0.15) is 0 Å². The Morgan fingerprint density at radius 1 is 1.28 bits per heavy atom. The number of hydrogen-bond donors (Lipinski definition) is 1. The SMILES string of the molecule is Cc1ccc(Br)c(C(=O)NCC(=O)C(C)(C)C)c1. The van der Waals surface area contributed by atoms with E-state index in [4.69, 9.17) is 0 Å². The Morgan fingerprint density at radius 2 is 1.89 bits per heavy atom. The van der Waals surface area contributed by atoms with E-state index in [2.05, 4.69) is 21.2 Å². The number of amides is 1. The molecule has 98 valence electrons. The number of aryl methyl sites for hydroxylation is 1. The summed E-state index contributed by atoms with van der Waals surface area (Å²) in [5.41, 5.74) is 1.12. The van der Waals surface area contributed by atoms with E-state index in [0.29, 0.717) is 5.56 Å². The Kier molecular flexibility index (Phi) is 4.68. The Balaban J connectivity index is 2.72. The molecule has 4 heteroatoms. The van der Waals surface area contributed by atoms with Crippen molar-refractivity contribution in [3.63, 3.8) is 0 Å². The number of hydrogen-bond acceptors (Lipinski definition) is 2. The summed E-state index contributed by atoms with van der Waals surface area (Å²) >= 11 is 3.33. The fraction of sp³-hybridized carbons (Fsp3) is 0.429. The molecule has 1 aromatic carbocycles. The first-order valence-corrected chi connectivity index (χ1v) is 6.59. The average molecular weight is 312 g/mol. The van der Waals surface area contributed by atoms with Gasteiger partial charge in [-0.1, -0.05) is 32.4 Å². The lowest BCUT2D eigenvalue weighted by Crippen LogP contribution is -2.35. The van der Waals surface area contributed by atoms with E-state index < -0.39 is 5.41 Å². The molecule has 0 saturated carbocycles. The van der Waals surface area contributed by atoms with Crippen LogP contribution in [0.15, 0.2) is 22.7 Å². The van der Waals surface area contributed by atoms with E-state index in [-0.39, 0.29) is 18.2 Å². The molecule has 0 atom stereocenters. The summed E-state index contributed by atoms with van der Waals surface area (Å²) < 4.78 is 0.730. The lowest BCUT2D eigenvalue weighted by Gasteiger charge is -2.17. The van der Waals surface area contributed by atoms with E-state index >= 15 is 0 Å². The van der Waals surface area contributed by atoms with Crippen molar-refractivity contribution in [3.8, 4) is 0 Å². The van der Waals surface area contributed by atoms with Crippen LogP contribution in [0.25, 0.3) is 0 Å². The van der Waals surface area contributed by atoms with Gasteiger partial charge in [0.05, 0.1) is 12.1 Å². The van der Waals surface area contributed by atoms with Crippen molar-refractivity contribution < 1.29 is 9.59 Å². The van der Waals surface area contributed by atoms with Crippen LogP contribution < -0.4 is 5.32 Å². The number of halogens is 1. The van der Waals surface area contributed by atoms with Crippen molar-refractivity contribution >= 4 is 27.6 Å². The van der Waals surface area contributed by atoms with E-state index in [0.717, 1.165) is 10.0 Å². The number of rotatable bonds is 3. The molecular weight excluding hydrogens is 294 g/mol. The Bertz CT molecular complexity index is 475. The summed E-state index contributed by atoms with van der Waals surface area (Å²) in [6.07, 6.45) is 0. The molecular formula is C14H18BrNO2. The van der Waals surface area contributed by atoms with Crippen molar-refractivity contribution in [2.45, 2.75) is 27.7 Å². The van der Waals surface area contributed by atoms with Gasteiger partial charge in [-0.2, -0.15) is 0 Å². The molecule has 1 amide bonds. The van der Waals surface area contributed by atoms with Gasteiger partial charge in [0.25, 0.3) is 5.91 Å². The highest BCUT2D eigenvalue weighted by Crippen LogP contribution is 2.18. The first-order chi connectivity index (χ1) is 8.21. The first kappa shape index (κ1) is 14.9. The molecule has 18 heavy (non-hydrogen) atoms. The third-order valence-electron chi connectivity index (χ3n) is 2.61. The average Bonchev–Trinajstić information content (AvgIpc) is 2.27. The highest BCUT2D eigenvalue weighted by Gasteiger charge is 2.21. The standard InChI is InChI=1S/C14H18BrNO2/c1-9-5-6-11(15)10(7-9)13(18)16-8-12(17)14(2,3)4/h5-7H,8H2,1-4H3,(H,16,18). The molecule has 3 nitrogen and oxygen atoms in total. The summed E-state index contributed by atoms with van der Waals surface area (Å²) in [6.45, 7) is 7.49. The maximum Gasteiger partial charge on any atom is 0.252 e. The minimum absolute atomic E-state index is 0.0135. The molecule has 1 rings (SSSR count). The number of carbonyl (C=O) groups is 2. The number of nitrogens with one attached hydrogen (secondary N) is 1. The largest absolute Gasteiger partial charge is 0.345 e. The molecule has 0 fully saturated rings. The van der Waals surface area contributed by atoms with Gasteiger partial charge in [-0.25, -0.2) is 0 Å². The third kappa shape index (κ3) is 3.95. The maximum absolute atomic E-state index is 12.0. The molecule has 0 unspecified atom stereocenters. The third-order valence-corrected chi connectivity index (χ3v) is 3.30. The van der Waals surface area contributed by atoms with Crippen LogP contribution in [0.5, 0.6) is 0 Å². The number of ketones is 1. The van der Waals surface area contributed by atoms with Crippen LogP contribution in [-0.2, 0) is 4.79 Å². The molecule has 1 aromatic rings. The van der Waals surface area contributed by atoms with Crippen LogP contribution in [0.4, 0.5) is 0 Å². The zero-order valence-corrected chi connectivity index (χ0v) is 12.7. The van der Waals surface area contributed by atoms with Gasteiger partial charge in [0.15, 0.2) is 5.78 Å². The summed E-state index contributed by atoms with van der Waals surface area (Å²) in [7, 11) is 0. The minimum Gasteiger partial charge on any atom is -0.345 e. The second kappa shape index (κ2) is 5.65. The molecule has 0 bridgehead atoms. The Hall–Kier alpha value is -1.16. The van der Waals surface area contributed by atoms with Crippen molar-refractivity contribution in [1.29, 1.82) is 0 Å². The lowest BCUT2D eigenvalue weighted by molar-refractivity contribution is -0.125. The second-order valence-electron chi connectivity index (χ2n) is 5.34. The predicted octanol–water partition coefficient (Wildman–Crippen LogP) is 3.10. The van der Waals surface area contributed by atoms with Crippen molar-refractivity contribution in [3.05, 3.63) is 33.8 Å². The van der Waals surface area contributed by atoms with Gasteiger partial charge in [0.2, 0.25) is 0 Å². The molecule has 0 aromatic heterocycles. The second-order valence-corrected chi connectivity index (χ2v) is 6.19. The quantitative estimate of drug-likeness (QED) is 0.932. The fourth-order valence-electron chi connectivity index (χ4n) is 1.33. The molecule has 0 spiro atoms. The smallest absolute Gasteiger partial charge is 0.252 e. The molecule has 0 aliphatic carbocycles. The summed E-state index contributed by atoms with van der Waals surface area (Å²) in [5, 5.41) is 2.65. The molecule has 1 N–H and O–H groups in total. The number of carbonyl (C=O) groups excluding carboxylic acids is 2. The molecule has 0 aliphatic rings. The lowest BCUT2D eigenvalue weighted by atomic mass is 9.91. The van der Waals surface area contributed by atoms with Crippen LogP contribution >= 0.6 is 15.9 Å². The van der Waals surface area contributed by atoms with Gasteiger partial charge in [-0.15, -0.1) is 0 Å². The van der Waals surface area contributed by atoms with E-state index in [1.807, 2.05) is 39.8 Å². The van der Waals surface area contributed by atoms with Gasteiger partial charge in [0, 0.05) is 9.89 Å². The Labute approximate surface area is 116 Å². The molecule has 0 heterocycles. The zero-order chi connectivity index (χ0) is 13.9. The molecule has 0 saturated heterocycles. The number of benzene rings is 1. The van der Waals surface area contributed by atoms with Crippen molar-refractivity contribution in [2.24, 2.45) is 5.41 Å². The predicted molar refractivity (Wildman–Crippen MR) is 75.7 cm³/mol. The summed E-state index contributed by atoms with van der Waals surface area (Å²) in [5.74, 6) is -0.220. The molecule has 0 aliphatic heterocycles. The van der Waals surface area contributed by atoms with Crippen LogP contribution in [0.1, 0.15) is 36.7 Å². The van der Waals surface area contributed by atoms with E-state index in [9.17, 15) is 9.59 Å².